The largest absolute Gasteiger partial charge is 0.347 e. The minimum absolute atomic E-state index is 0. The fourth-order valence-electron chi connectivity index (χ4n) is 7.54. The summed E-state index contributed by atoms with van der Waals surface area (Å²) in [5, 5.41) is 5.70. The molecule has 2 fully saturated rings. The minimum Gasteiger partial charge on any atom is -0.347 e. The van der Waals surface area contributed by atoms with E-state index in [1.165, 1.54) is 65.3 Å². The molecule has 0 saturated heterocycles. The Kier molecular flexibility index (Phi) is 9.90. The van der Waals surface area contributed by atoms with Crippen LogP contribution < -0.4 is 5.73 Å². The first kappa shape index (κ1) is 30.6. The van der Waals surface area contributed by atoms with E-state index in [-0.39, 0.29) is 18.3 Å². The number of fused-ring (bicyclic) bond motifs is 1. The molecule has 6 rings (SSSR count). The quantitative estimate of drug-likeness (QED) is 0.214. The zero-order valence-electron chi connectivity index (χ0n) is 25.3. The highest BCUT2D eigenvalue weighted by Crippen LogP contribution is 2.39. The van der Waals surface area contributed by atoms with Crippen LogP contribution in [0.3, 0.4) is 0 Å². The van der Waals surface area contributed by atoms with E-state index in [9.17, 15) is 4.79 Å². The van der Waals surface area contributed by atoms with Crippen LogP contribution in [0.1, 0.15) is 93.2 Å². The van der Waals surface area contributed by atoms with Gasteiger partial charge in [-0.3, -0.25) is 9.48 Å². The van der Waals surface area contributed by atoms with Crippen molar-refractivity contribution in [2.24, 2.45) is 24.6 Å². The van der Waals surface area contributed by atoms with E-state index < -0.39 is 0 Å². The molecule has 1 atom stereocenters. The molecule has 0 bridgehead atoms. The molecule has 2 aliphatic carbocycles. The number of rotatable bonds is 9. The minimum atomic E-state index is 0. The van der Waals surface area contributed by atoms with Gasteiger partial charge in [-0.1, -0.05) is 55.2 Å². The molecule has 2 aromatic carbocycles. The average Bonchev–Trinajstić information content (AvgIpc) is 3.56. The van der Waals surface area contributed by atoms with Crippen LogP contribution in [-0.4, -0.2) is 26.2 Å². The van der Waals surface area contributed by atoms with Gasteiger partial charge in [0.1, 0.15) is 5.78 Å². The SMILES string of the molecule is Cc1cccc(C(CC(=O)CC2CCC(N)CC2)c2cn(CC3CCCCC3)c3ccc(-c4ccnn4C)cc23)c1.Cl. The van der Waals surface area contributed by atoms with E-state index in [4.69, 9.17) is 5.73 Å². The van der Waals surface area contributed by atoms with Gasteiger partial charge in [0.25, 0.3) is 0 Å². The molecule has 2 N–H and O–H groups in total. The summed E-state index contributed by atoms with van der Waals surface area (Å²) in [6.07, 6.45) is 16.4. The Morgan fingerprint density at radius 2 is 1.76 bits per heavy atom. The number of ketones is 1. The summed E-state index contributed by atoms with van der Waals surface area (Å²) in [5.74, 6) is 1.61. The van der Waals surface area contributed by atoms with Gasteiger partial charge in [-0.05, 0) is 86.6 Å². The fraction of sp³-hybridized carbons (Fsp3) is 0.500. The zero-order valence-corrected chi connectivity index (χ0v) is 26.1. The van der Waals surface area contributed by atoms with Crippen LogP contribution in [0.25, 0.3) is 22.2 Å². The average molecular weight is 587 g/mol. The predicted octanol–water partition coefficient (Wildman–Crippen LogP) is 8.35. The second kappa shape index (κ2) is 13.6. The number of carbonyl (C=O) groups is 1. The van der Waals surface area contributed by atoms with E-state index in [1.54, 1.807) is 0 Å². The van der Waals surface area contributed by atoms with Crippen LogP contribution in [0.2, 0.25) is 0 Å². The van der Waals surface area contributed by atoms with Crippen LogP contribution in [0.15, 0.2) is 60.9 Å². The highest BCUT2D eigenvalue weighted by Gasteiger charge is 2.27. The van der Waals surface area contributed by atoms with Crippen molar-refractivity contribution in [3.63, 3.8) is 0 Å². The van der Waals surface area contributed by atoms with Gasteiger partial charge in [0.15, 0.2) is 0 Å². The lowest BCUT2D eigenvalue weighted by molar-refractivity contribution is -0.120. The molecule has 224 valence electrons. The molecule has 5 nitrogen and oxygen atoms in total. The van der Waals surface area contributed by atoms with E-state index in [0.717, 1.165) is 43.8 Å². The second-order valence-corrected chi connectivity index (χ2v) is 13.0. The Morgan fingerprint density at radius 1 is 0.976 bits per heavy atom. The molecule has 2 saturated carbocycles. The number of halogens is 1. The number of nitrogens with zero attached hydrogens (tertiary/aromatic N) is 3. The molecule has 0 aliphatic heterocycles. The molecule has 6 heteroatoms. The van der Waals surface area contributed by atoms with Crippen LogP contribution in [0, 0.1) is 18.8 Å². The van der Waals surface area contributed by atoms with Gasteiger partial charge in [0, 0.05) is 67.3 Å². The lowest BCUT2D eigenvalue weighted by atomic mass is 9.80. The molecule has 0 amide bonds. The molecular weight excluding hydrogens is 540 g/mol. The molecule has 2 heterocycles. The maximum atomic E-state index is 13.7. The maximum Gasteiger partial charge on any atom is 0.134 e. The third-order valence-corrected chi connectivity index (χ3v) is 9.87. The van der Waals surface area contributed by atoms with Crippen LogP contribution in [0.5, 0.6) is 0 Å². The lowest BCUT2D eigenvalue weighted by Gasteiger charge is -2.26. The van der Waals surface area contributed by atoms with Gasteiger partial charge in [0.2, 0.25) is 0 Å². The first-order valence-electron chi connectivity index (χ1n) is 15.9. The van der Waals surface area contributed by atoms with Crippen molar-refractivity contribution in [2.45, 2.75) is 96.1 Å². The Balaban J connectivity index is 0.00000353. The van der Waals surface area contributed by atoms with Crippen molar-refractivity contribution in [2.75, 3.05) is 0 Å². The van der Waals surface area contributed by atoms with Gasteiger partial charge >= 0.3 is 0 Å². The summed E-state index contributed by atoms with van der Waals surface area (Å²) in [6, 6.07) is 18.1. The summed E-state index contributed by atoms with van der Waals surface area (Å²) in [4.78, 5) is 13.7. The smallest absolute Gasteiger partial charge is 0.134 e. The summed E-state index contributed by atoms with van der Waals surface area (Å²) < 4.78 is 4.45. The highest BCUT2D eigenvalue weighted by atomic mass is 35.5. The van der Waals surface area contributed by atoms with Crippen molar-refractivity contribution in [1.29, 1.82) is 0 Å². The molecule has 4 aromatic rings. The standard InChI is InChI=1S/C36H46N4O.ClH/c1-25-7-6-10-28(19-25)32(22-31(41)20-26-11-14-30(37)15-12-26)34-24-40(23-27-8-4-3-5-9-27)36-16-13-29(21-33(34)36)35-17-18-38-39(35)2;/h6-7,10,13,16-19,21,24,26-27,30,32H,3-5,8-9,11-12,14-15,20,22-23,37H2,1-2H3;1H. The van der Waals surface area contributed by atoms with E-state index >= 15 is 0 Å². The number of aromatic nitrogens is 3. The number of hydrogen-bond donors (Lipinski definition) is 1. The molecular formula is C36H47ClN4O. The van der Waals surface area contributed by atoms with Crippen molar-refractivity contribution in [3.05, 3.63) is 77.6 Å². The molecule has 1 unspecified atom stereocenters. The normalized spacial score (nSPS) is 20.4. The van der Waals surface area contributed by atoms with Crippen LogP contribution in [-0.2, 0) is 18.4 Å². The number of Topliss-reactive ketones (excluding diaryl/α,β-unsaturated/α-hetero) is 1. The number of nitrogens with two attached hydrogens (primary N) is 1. The third kappa shape index (κ3) is 6.84. The molecule has 42 heavy (non-hydrogen) atoms. The topological polar surface area (TPSA) is 65.8 Å². The Labute approximate surface area is 257 Å². The number of carbonyl (C=O) groups excluding carboxylic acids is 1. The van der Waals surface area contributed by atoms with Crippen LogP contribution in [0.4, 0.5) is 0 Å². The number of hydrogen-bond acceptors (Lipinski definition) is 3. The molecule has 0 spiro atoms. The van der Waals surface area contributed by atoms with Gasteiger partial charge < -0.3 is 10.3 Å². The lowest BCUT2D eigenvalue weighted by Crippen LogP contribution is -2.27. The zero-order chi connectivity index (χ0) is 28.3. The fourth-order valence-corrected chi connectivity index (χ4v) is 7.54. The van der Waals surface area contributed by atoms with Crippen molar-refractivity contribution in [3.8, 4) is 11.3 Å². The number of benzene rings is 2. The van der Waals surface area contributed by atoms with Crippen molar-refractivity contribution >= 4 is 29.1 Å². The Bertz CT molecular complexity index is 1490. The van der Waals surface area contributed by atoms with Crippen molar-refractivity contribution < 1.29 is 4.79 Å². The maximum absolute atomic E-state index is 13.7. The second-order valence-electron chi connectivity index (χ2n) is 13.0. The summed E-state index contributed by atoms with van der Waals surface area (Å²) in [6.45, 7) is 3.21. The summed E-state index contributed by atoms with van der Waals surface area (Å²) in [7, 11) is 2.00. The summed E-state index contributed by atoms with van der Waals surface area (Å²) >= 11 is 0. The van der Waals surface area contributed by atoms with Gasteiger partial charge in [-0.25, -0.2) is 0 Å². The van der Waals surface area contributed by atoms with E-state index in [2.05, 4.69) is 71.3 Å². The molecule has 2 aromatic heterocycles. The van der Waals surface area contributed by atoms with Crippen molar-refractivity contribution in [1.82, 2.24) is 14.3 Å². The van der Waals surface area contributed by atoms with E-state index in [0.29, 0.717) is 30.6 Å². The Hall–Kier alpha value is -2.89. The predicted molar refractivity (Wildman–Crippen MR) is 175 cm³/mol. The van der Waals surface area contributed by atoms with E-state index in [1.807, 2.05) is 17.9 Å². The summed E-state index contributed by atoms with van der Waals surface area (Å²) in [5.41, 5.74) is 13.5. The number of aryl methyl sites for hydroxylation is 2. The third-order valence-electron chi connectivity index (χ3n) is 9.87. The highest BCUT2D eigenvalue weighted by molar-refractivity contribution is 5.90. The first-order valence-corrected chi connectivity index (χ1v) is 15.9. The monoisotopic (exact) mass is 586 g/mol. The van der Waals surface area contributed by atoms with Gasteiger partial charge in [-0.2, -0.15) is 5.10 Å². The molecule has 0 radical (unpaired) electrons. The van der Waals surface area contributed by atoms with Crippen LogP contribution >= 0.6 is 12.4 Å². The first-order chi connectivity index (χ1) is 19.9. The van der Waals surface area contributed by atoms with Gasteiger partial charge in [-0.15, -0.1) is 12.4 Å². The van der Waals surface area contributed by atoms with Gasteiger partial charge in [0.05, 0.1) is 5.69 Å². The Morgan fingerprint density at radius 3 is 2.48 bits per heavy atom. The molecule has 2 aliphatic rings.